The summed E-state index contributed by atoms with van der Waals surface area (Å²) < 4.78 is 1.83. The smallest absolute Gasteiger partial charge is 0.251 e. The number of piperidine rings is 1. The lowest BCUT2D eigenvalue weighted by Gasteiger charge is -2.30. The van der Waals surface area contributed by atoms with Crippen LogP contribution in [0.15, 0.2) is 23.8 Å². The van der Waals surface area contributed by atoms with Crippen LogP contribution >= 0.6 is 11.3 Å². The third-order valence-corrected chi connectivity index (χ3v) is 5.16. The molecule has 3 rings (SSSR count). The van der Waals surface area contributed by atoms with E-state index in [0.29, 0.717) is 23.0 Å². The number of aryl methyl sites for hydroxylation is 1. The highest BCUT2D eigenvalue weighted by Gasteiger charge is 2.23. The zero-order valence-corrected chi connectivity index (χ0v) is 14.4. The van der Waals surface area contributed by atoms with Gasteiger partial charge in [0, 0.05) is 13.2 Å². The van der Waals surface area contributed by atoms with Gasteiger partial charge >= 0.3 is 0 Å². The number of rotatable bonds is 5. The maximum absolute atomic E-state index is 12.2. The number of nitrogens with one attached hydrogen (secondary N) is 1. The van der Waals surface area contributed by atoms with Crippen LogP contribution in [0.4, 0.5) is 5.00 Å². The lowest BCUT2D eigenvalue weighted by Crippen LogP contribution is -2.38. The molecule has 0 unspecified atom stereocenters. The molecule has 2 aromatic heterocycles. The van der Waals surface area contributed by atoms with Crippen LogP contribution in [0.3, 0.4) is 0 Å². The molecule has 2 aromatic rings. The number of carbonyl (C=O) groups excluding carboxylic acids is 2. The van der Waals surface area contributed by atoms with E-state index in [2.05, 4.69) is 21.5 Å². The van der Waals surface area contributed by atoms with Gasteiger partial charge in [-0.1, -0.05) is 0 Å². The van der Waals surface area contributed by atoms with Crippen molar-refractivity contribution in [2.24, 2.45) is 12.8 Å². The molecule has 1 saturated heterocycles. The van der Waals surface area contributed by atoms with Gasteiger partial charge in [0.15, 0.2) is 0 Å². The lowest BCUT2D eigenvalue weighted by molar-refractivity contribution is -0.117. The Morgan fingerprint density at radius 1 is 1.42 bits per heavy atom. The van der Waals surface area contributed by atoms with Crippen LogP contribution in [-0.2, 0) is 11.8 Å². The fourth-order valence-corrected chi connectivity index (χ4v) is 3.85. The molecule has 2 amide bonds. The second-order valence-corrected chi connectivity index (χ2v) is 6.99. The average Bonchev–Trinajstić information content (AvgIpc) is 3.17. The number of primary amides is 1. The number of carbonyl (C=O) groups is 2. The Morgan fingerprint density at radius 3 is 2.79 bits per heavy atom. The zero-order valence-electron chi connectivity index (χ0n) is 13.6. The van der Waals surface area contributed by atoms with E-state index in [1.54, 1.807) is 11.4 Å². The lowest BCUT2D eigenvalue weighted by atomic mass is 9.91. The number of anilines is 1. The van der Waals surface area contributed by atoms with Crippen molar-refractivity contribution < 1.29 is 9.59 Å². The van der Waals surface area contributed by atoms with E-state index in [1.807, 2.05) is 17.9 Å². The minimum Gasteiger partial charge on any atom is -0.366 e. The Morgan fingerprint density at radius 2 is 2.17 bits per heavy atom. The molecule has 7 nitrogen and oxygen atoms in total. The predicted octanol–water partition coefficient (Wildman–Crippen LogP) is 1.40. The fraction of sp³-hybridized carbons (Fsp3) is 0.438. The summed E-state index contributed by atoms with van der Waals surface area (Å²) in [6.45, 7) is 2.08. The molecule has 24 heavy (non-hydrogen) atoms. The van der Waals surface area contributed by atoms with Gasteiger partial charge in [-0.05, 0) is 48.9 Å². The molecule has 1 fully saturated rings. The number of hydrogen-bond acceptors (Lipinski definition) is 5. The van der Waals surface area contributed by atoms with Crippen LogP contribution in [-0.4, -0.2) is 46.1 Å². The number of nitrogens with two attached hydrogens (primary N) is 1. The second kappa shape index (κ2) is 7.14. The molecule has 3 N–H and O–H groups in total. The summed E-state index contributed by atoms with van der Waals surface area (Å²) in [6, 6.07) is 1.63. The quantitative estimate of drug-likeness (QED) is 0.855. The Balaban J connectivity index is 1.50. The minimum absolute atomic E-state index is 0.111. The maximum Gasteiger partial charge on any atom is 0.251 e. The van der Waals surface area contributed by atoms with Gasteiger partial charge in [-0.15, -0.1) is 11.3 Å². The molecule has 0 atom stereocenters. The van der Waals surface area contributed by atoms with E-state index in [0.717, 1.165) is 25.9 Å². The van der Waals surface area contributed by atoms with Gasteiger partial charge in [0.2, 0.25) is 5.91 Å². The molecule has 0 radical (unpaired) electrons. The molecule has 1 aliphatic rings. The monoisotopic (exact) mass is 347 g/mol. The van der Waals surface area contributed by atoms with Gasteiger partial charge in [-0.3, -0.25) is 19.2 Å². The normalized spacial score (nSPS) is 16.2. The van der Waals surface area contributed by atoms with Crippen LogP contribution in [0.5, 0.6) is 0 Å². The Hall–Kier alpha value is -2.19. The van der Waals surface area contributed by atoms with Crippen molar-refractivity contribution in [3.63, 3.8) is 0 Å². The minimum atomic E-state index is -0.524. The van der Waals surface area contributed by atoms with Crippen molar-refractivity contribution in [1.29, 1.82) is 0 Å². The SMILES string of the molecule is Cn1cc(C2CCN(CC(=O)Nc3sccc3C(N)=O)CC2)cn1. The van der Waals surface area contributed by atoms with Crippen LogP contribution in [0, 0.1) is 0 Å². The number of nitrogens with zero attached hydrogens (tertiary/aromatic N) is 3. The van der Waals surface area contributed by atoms with Crippen LogP contribution in [0.2, 0.25) is 0 Å². The molecule has 0 saturated carbocycles. The zero-order chi connectivity index (χ0) is 17.1. The summed E-state index contributed by atoms with van der Waals surface area (Å²) >= 11 is 1.31. The van der Waals surface area contributed by atoms with Crippen molar-refractivity contribution in [1.82, 2.24) is 14.7 Å². The molecule has 1 aliphatic heterocycles. The number of hydrogen-bond donors (Lipinski definition) is 2. The van der Waals surface area contributed by atoms with Gasteiger partial charge in [0.25, 0.3) is 5.91 Å². The van der Waals surface area contributed by atoms with Crippen molar-refractivity contribution in [3.05, 3.63) is 35.0 Å². The summed E-state index contributed by atoms with van der Waals surface area (Å²) in [5.41, 5.74) is 6.92. The highest BCUT2D eigenvalue weighted by Crippen LogP contribution is 2.27. The Kier molecular flexibility index (Phi) is 4.96. The van der Waals surface area contributed by atoms with Crippen LogP contribution in [0.25, 0.3) is 0 Å². The van der Waals surface area contributed by atoms with Crippen molar-refractivity contribution in [3.8, 4) is 0 Å². The van der Waals surface area contributed by atoms with E-state index < -0.39 is 5.91 Å². The van der Waals surface area contributed by atoms with E-state index in [-0.39, 0.29) is 5.91 Å². The van der Waals surface area contributed by atoms with Crippen LogP contribution in [0.1, 0.15) is 34.7 Å². The highest BCUT2D eigenvalue weighted by atomic mass is 32.1. The Labute approximate surface area is 144 Å². The molecule has 0 aromatic carbocycles. The molecular weight excluding hydrogens is 326 g/mol. The van der Waals surface area contributed by atoms with Gasteiger partial charge in [-0.25, -0.2) is 0 Å². The third-order valence-electron chi connectivity index (χ3n) is 4.33. The van der Waals surface area contributed by atoms with E-state index in [1.165, 1.54) is 16.9 Å². The van der Waals surface area contributed by atoms with E-state index >= 15 is 0 Å². The molecular formula is C16H21N5O2S. The predicted molar refractivity (Wildman–Crippen MR) is 93.1 cm³/mol. The first kappa shape index (κ1) is 16.7. The average molecular weight is 347 g/mol. The number of thiophene rings is 1. The second-order valence-electron chi connectivity index (χ2n) is 6.07. The topological polar surface area (TPSA) is 93.3 Å². The number of likely N-dealkylation sites (tertiary alicyclic amines) is 1. The van der Waals surface area contributed by atoms with Crippen LogP contribution < -0.4 is 11.1 Å². The third kappa shape index (κ3) is 3.82. The van der Waals surface area contributed by atoms with E-state index in [9.17, 15) is 9.59 Å². The number of amides is 2. The summed E-state index contributed by atoms with van der Waals surface area (Å²) in [6.07, 6.45) is 6.03. The molecule has 0 aliphatic carbocycles. The Bertz CT molecular complexity index is 730. The molecule has 8 heteroatoms. The highest BCUT2D eigenvalue weighted by molar-refractivity contribution is 7.14. The van der Waals surface area contributed by atoms with Gasteiger partial charge in [-0.2, -0.15) is 5.10 Å². The summed E-state index contributed by atoms with van der Waals surface area (Å²) in [5, 5.41) is 9.29. The standard InChI is InChI=1S/C16H21N5O2S/c1-20-9-12(8-18-20)11-2-5-21(6-3-11)10-14(22)19-16-13(15(17)23)4-7-24-16/h4,7-9,11H,2-3,5-6,10H2,1H3,(H2,17,23)(H,19,22). The molecule has 128 valence electrons. The fourth-order valence-electron chi connectivity index (χ4n) is 3.04. The molecule has 3 heterocycles. The summed E-state index contributed by atoms with van der Waals surface area (Å²) in [5.74, 6) is -0.125. The maximum atomic E-state index is 12.2. The van der Waals surface area contributed by atoms with Crippen molar-refractivity contribution >= 4 is 28.2 Å². The first-order valence-corrected chi connectivity index (χ1v) is 8.79. The summed E-state index contributed by atoms with van der Waals surface area (Å²) in [4.78, 5) is 25.6. The largest absolute Gasteiger partial charge is 0.366 e. The van der Waals surface area contributed by atoms with Crippen molar-refractivity contribution in [2.45, 2.75) is 18.8 Å². The van der Waals surface area contributed by atoms with Gasteiger partial charge in [0.1, 0.15) is 5.00 Å². The van der Waals surface area contributed by atoms with E-state index in [4.69, 9.17) is 5.73 Å². The first-order valence-electron chi connectivity index (χ1n) is 7.91. The number of aromatic nitrogens is 2. The van der Waals surface area contributed by atoms with Crippen molar-refractivity contribution in [2.75, 3.05) is 25.0 Å². The molecule has 0 bridgehead atoms. The first-order chi connectivity index (χ1) is 11.5. The van der Waals surface area contributed by atoms with Gasteiger partial charge < -0.3 is 11.1 Å². The summed E-state index contributed by atoms with van der Waals surface area (Å²) in [7, 11) is 1.92. The van der Waals surface area contributed by atoms with Gasteiger partial charge in [0.05, 0.1) is 18.3 Å². The molecule has 0 spiro atoms.